The number of benzene rings is 2. The Labute approximate surface area is 284 Å². The van der Waals surface area contributed by atoms with Gasteiger partial charge in [0.1, 0.15) is 11.3 Å². The summed E-state index contributed by atoms with van der Waals surface area (Å²) in [5.41, 5.74) is 3.23. The summed E-state index contributed by atoms with van der Waals surface area (Å²) >= 11 is 0. The number of alkyl carbamates (subject to hydrolysis) is 1. The fourth-order valence-electron chi connectivity index (χ4n) is 5.36. The molecule has 0 saturated heterocycles. The zero-order valence-corrected chi connectivity index (χ0v) is 30.1. The number of para-hydroxylation sites is 1. The number of esters is 1. The van der Waals surface area contributed by atoms with Crippen LogP contribution >= 0.6 is 0 Å². The van der Waals surface area contributed by atoms with Gasteiger partial charge in [-0.15, -0.1) is 5.10 Å². The van der Waals surface area contributed by atoms with Crippen LogP contribution in [0.5, 0.6) is 0 Å². The summed E-state index contributed by atoms with van der Waals surface area (Å²) in [5, 5.41) is 22.2. The third kappa shape index (κ3) is 9.14. The summed E-state index contributed by atoms with van der Waals surface area (Å²) in [4.78, 5) is 27.2. The summed E-state index contributed by atoms with van der Waals surface area (Å²) in [6, 6.07) is 16.2. The molecular formula is C37H53N5O6. The van der Waals surface area contributed by atoms with E-state index in [0.29, 0.717) is 39.1 Å². The van der Waals surface area contributed by atoms with Crippen molar-refractivity contribution in [3.63, 3.8) is 0 Å². The predicted octanol–water partition coefficient (Wildman–Crippen LogP) is 6.33. The number of hydrogen-bond acceptors (Lipinski definition) is 9. The van der Waals surface area contributed by atoms with Gasteiger partial charge in [0.25, 0.3) is 0 Å². The van der Waals surface area contributed by atoms with Crippen LogP contribution in [0, 0.1) is 5.41 Å². The lowest BCUT2D eigenvalue weighted by atomic mass is 9.94. The van der Waals surface area contributed by atoms with E-state index in [1.165, 1.54) is 0 Å². The summed E-state index contributed by atoms with van der Waals surface area (Å²) < 4.78 is 19.1. The van der Waals surface area contributed by atoms with E-state index >= 15 is 0 Å². The maximum atomic E-state index is 12.7. The zero-order chi connectivity index (χ0) is 35.3. The molecule has 11 nitrogen and oxygen atoms in total. The fourth-order valence-corrected chi connectivity index (χ4v) is 5.36. The molecule has 1 aliphatic heterocycles. The number of amides is 1. The van der Waals surface area contributed by atoms with E-state index in [2.05, 4.69) is 38.7 Å². The van der Waals surface area contributed by atoms with Gasteiger partial charge in [-0.25, -0.2) is 9.48 Å². The van der Waals surface area contributed by atoms with Crippen LogP contribution in [-0.2, 0) is 31.1 Å². The summed E-state index contributed by atoms with van der Waals surface area (Å²) in [6.07, 6.45) is 0.567. The molecule has 0 unspecified atom stereocenters. The SMILES string of the molecule is CC(C)(CCOC(=O)NCCN1Cc2ccccc2-c2c(nnn2C(C)(C)CO)-c2ccccc21)OCCC(C)(C)OC(=O)C(C)(C)C. The van der Waals surface area contributed by atoms with Gasteiger partial charge in [-0.05, 0) is 73.9 Å². The molecule has 2 aromatic carbocycles. The third-order valence-corrected chi connectivity index (χ3v) is 8.53. The minimum absolute atomic E-state index is 0.0835. The van der Waals surface area contributed by atoms with E-state index in [4.69, 9.17) is 14.2 Å². The van der Waals surface area contributed by atoms with Gasteiger partial charge in [0.05, 0.1) is 42.1 Å². The fraction of sp³-hybridized carbons (Fsp3) is 0.568. The minimum atomic E-state index is -0.649. The number of hydrogen-bond donors (Lipinski definition) is 2. The average molecular weight is 664 g/mol. The molecule has 0 saturated carbocycles. The number of aliphatic hydroxyl groups excluding tert-OH is 1. The van der Waals surface area contributed by atoms with Crippen molar-refractivity contribution in [2.24, 2.45) is 5.41 Å². The number of anilines is 1. The molecule has 0 atom stereocenters. The van der Waals surface area contributed by atoms with E-state index in [0.717, 1.165) is 33.8 Å². The van der Waals surface area contributed by atoms with Crippen LogP contribution in [0.1, 0.15) is 80.7 Å². The second-order valence-corrected chi connectivity index (χ2v) is 15.3. The molecule has 48 heavy (non-hydrogen) atoms. The highest BCUT2D eigenvalue weighted by Crippen LogP contribution is 2.42. The van der Waals surface area contributed by atoms with Crippen molar-refractivity contribution >= 4 is 17.7 Å². The van der Waals surface area contributed by atoms with Gasteiger partial charge in [0.2, 0.25) is 0 Å². The normalized spacial score (nSPS) is 13.5. The van der Waals surface area contributed by atoms with E-state index < -0.39 is 28.2 Å². The molecule has 3 aromatic rings. The maximum absolute atomic E-state index is 12.7. The monoisotopic (exact) mass is 663 g/mol. The van der Waals surface area contributed by atoms with E-state index in [-0.39, 0.29) is 19.2 Å². The quantitative estimate of drug-likeness (QED) is 0.202. The first kappa shape index (κ1) is 36.9. The molecule has 0 radical (unpaired) electrons. The van der Waals surface area contributed by atoms with Crippen molar-refractivity contribution in [3.05, 3.63) is 54.1 Å². The van der Waals surface area contributed by atoms with Crippen molar-refractivity contribution in [1.82, 2.24) is 20.3 Å². The van der Waals surface area contributed by atoms with E-state index in [1.54, 1.807) is 0 Å². The predicted molar refractivity (Wildman–Crippen MR) is 187 cm³/mol. The van der Waals surface area contributed by atoms with Gasteiger partial charge in [-0.2, -0.15) is 0 Å². The first-order chi connectivity index (χ1) is 22.4. The molecule has 1 aliphatic rings. The molecule has 2 heterocycles. The molecule has 262 valence electrons. The number of ether oxygens (including phenoxy) is 3. The number of nitrogens with zero attached hydrogens (tertiary/aromatic N) is 4. The Morgan fingerprint density at radius 2 is 1.52 bits per heavy atom. The Bertz CT molecular complexity index is 1570. The van der Waals surface area contributed by atoms with Gasteiger partial charge in [0.15, 0.2) is 0 Å². The highest BCUT2D eigenvalue weighted by molar-refractivity contribution is 5.88. The second-order valence-electron chi connectivity index (χ2n) is 15.3. The van der Waals surface area contributed by atoms with Crippen molar-refractivity contribution in [2.45, 2.75) is 98.4 Å². The molecular weight excluding hydrogens is 610 g/mol. The standard InChI is InChI=1S/C37H53N5O6/c1-34(2,3)32(44)48-37(8,9)19-23-47-36(6,7)18-22-46-33(45)38-20-21-41-24-26-14-10-11-15-27(26)31-30(28-16-12-13-17-29(28)41)39-40-42(31)35(4,5)25-43/h10-17,43H,18-25H2,1-9H3,(H,38,45). The Hall–Kier alpha value is -3.96. The van der Waals surface area contributed by atoms with Crippen LogP contribution in [0.3, 0.4) is 0 Å². The van der Waals surface area contributed by atoms with Crippen molar-refractivity contribution in [2.75, 3.05) is 37.8 Å². The van der Waals surface area contributed by atoms with Gasteiger partial charge in [-0.1, -0.05) is 47.7 Å². The van der Waals surface area contributed by atoms with Crippen LogP contribution in [0.2, 0.25) is 0 Å². The van der Waals surface area contributed by atoms with E-state index in [1.807, 2.05) is 97.3 Å². The highest BCUT2D eigenvalue weighted by atomic mass is 16.6. The molecule has 1 aromatic heterocycles. The molecule has 0 fully saturated rings. The van der Waals surface area contributed by atoms with Crippen molar-refractivity contribution in [3.8, 4) is 22.5 Å². The number of carbonyl (C=O) groups is 2. The molecule has 11 heteroatoms. The zero-order valence-electron chi connectivity index (χ0n) is 30.1. The van der Waals surface area contributed by atoms with Crippen molar-refractivity contribution < 1.29 is 28.9 Å². The van der Waals surface area contributed by atoms with Crippen LogP contribution in [0.4, 0.5) is 10.5 Å². The second kappa shape index (κ2) is 14.7. The number of aromatic nitrogens is 3. The molecule has 0 spiro atoms. The molecule has 0 aliphatic carbocycles. The first-order valence-corrected chi connectivity index (χ1v) is 16.7. The Morgan fingerprint density at radius 1 is 0.875 bits per heavy atom. The number of nitrogens with one attached hydrogen (secondary N) is 1. The van der Waals surface area contributed by atoms with Crippen LogP contribution in [0.15, 0.2) is 48.5 Å². The number of fused-ring (bicyclic) bond motifs is 5. The van der Waals surface area contributed by atoms with Gasteiger partial charge in [0, 0.05) is 49.3 Å². The van der Waals surface area contributed by atoms with Crippen molar-refractivity contribution in [1.29, 1.82) is 0 Å². The van der Waals surface area contributed by atoms with Gasteiger partial charge < -0.3 is 29.5 Å². The van der Waals surface area contributed by atoms with Crippen LogP contribution < -0.4 is 10.2 Å². The Morgan fingerprint density at radius 3 is 2.21 bits per heavy atom. The van der Waals surface area contributed by atoms with Gasteiger partial charge >= 0.3 is 12.1 Å². The lowest BCUT2D eigenvalue weighted by Crippen LogP contribution is -2.37. The molecule has 4 rings (SSSR count). The maximum Gasteiger partial charge on any atom is 0.407 e. The Kier molecular flexibility index (Phi) is 11.3. The molecule has 2 N–H and O–H groups in total. The number of carbonyl (C=O) groups excluding carboxylic acids is 2. The number of aliphatic hydroxyl groups is 1. The largest absolute Gasteiger partial charge is 0.459 e. The highest BCUT2D eigenvalue weighted by Gasteiger charge is 2.33. The third-order valence-electron chi connectivity index (χ3n) is 8.53. The smallest absolute Gasteiger partial charge is 0.407 e. The molecule has 1 amide bonds. The van der Waals surface area contributed by atoms with Crippen LogP contribution in [-0.4, -0.2) is 76.3 Å². The molecule has 0 bridgehead atoms. The number of rotatable bonds is 13. The lowest BCUT2D eigenvalue weighted by molar-refractivity contribution is -0.168. The first-order valence-electron chi connectivity index (χ1n) is 16.7. The summed E-state index contributed by atoms with van der Waals surface area (Å²) in [5.74, 6) is -0.243. The van der Waals surface area contributed by atoms with Gasteiger partial charge in [-0.3, -0.25) is 4.79 Å². The summed E-state index contributed by atoms with van der Waals surface area (Å²) in [7, 11) is 0. The average Bonchev–Trinajstić information content (AvgIpc) is 3.44. The topological polar surface area (TPSA) is 128 Å². The lowest BCUT2D eigenvalue weighted by Gasteiger charge is -2.31. The minimum Gasteiger partial charge on any atom is -0.459 e. The Balaban J connectivity index is 1.34. The van der Waals surface area contributed by atoms with Crippen LogP contribution in [0.25, 0.3) is 22.5 Å². The van der Waals surface area contributed by atoms with E-state index in [9.17, 15) is 14.7 Å². The summed E-state index contributed by atoms with van der Waals surface area (Å²) in [6.45, 7) is 19.1.